The summed E-state index contributed by atoms with van der Waals surface area (Å²) in [7, 11) is 1.39. The monoisotopic (exact) mass is 545 g/mol. The first-order valence-corrected chi connectivity index (χ1v) is 11.6. The fraction of sp³-hybridized carbons (Fsp3) is 0.125. The Morgan fingerprint density at radius 3 is 2.79 bits per heavy atom. The summed E-state index contributed by atoms with van der Waals surface area (Å²) in [6.45, 7) is 0. The van der Waals surface area contributed by atoms with Gasteiger partial charge in [-0.05, 0) is 36.4 Å². The molecule has 2 N–H and O–H groups in total. The highest BCUT2D eigenvalue weighted by atomic mass is 32.1. The Labute approximate surface area is 216 Å². The number of carbonyl (C=O) groups excluding carboxylic acids is 1. The molecule has 0 aliphatic carbocycles. The maximum Gasteiger partial charge on any atom is 0.416 e. The number of nitro benzene ring substituents is 1. The molecule has 0 saturated carbocycles. The number of amides is 1. The predicted molar refractivity (Wildman–Crippen MR) is 134 cm³/mol. The largest absolute Gasteiger partial charge is 0.496 e. The van der Waals surface area contributed by atoms with E-state index in [1.165, 1.54) is 43.7 Å². The molecule has 4 aromatic rings. The number of nitro groups is 1. The number of methoxy groups -OCH3 is 1. The number of anilines is 2. The molecular weight excluding hydrogens is 527 g/mol. The van der Waals surface area contributed by atoms with E-state index in [0.717, 1.165) is 23.5 Å². The lowest BCUT2D eigenvalue weighted by atomic mass is 10.1. The highest BCUT2D eigenvalue weighted by molar-refractivity contribution is 7.13. The van der Waals surface area contributed by atoms with Crippen LogP contribution in [0.2, 0.25) is 0 Å². The molecule has 2 aromatic carbocycles. The van der Waals surface area contributed by atoms with E-state index < -0.39 is 22.6 Å². The molecular formula is C24H18F3N5O5S. The van der Waals surface area contributed by atoms with Crippen LogP contribution in [0.3, 0.4) is 0 Å². The van der Waals surface area contributed by atoms with Gasteiger partial charge >= 0.3 is 6.18 Å². The van der Waals surface area contributed by atoms with Crippen LogP contribution in [0.4, 0.5) is 29.7 Å². The number of thiazole rings is 1. The zero-order chi connectivity index (χ0) is 27.3. The number of nitrogens with one attached hydrogen (secondary N) is 2. The minimum absolute atomic E-state index is 0.110. The molecule has 0 unspecified atom stereocenters. The van der Waals surface area contributed by atoms with Crippen molar-refractivity contribution in [3.8, 4) is 17.1 Å². The van der Waals surface area contributed by atoms with Crippen LogP contribution in [0.15, 0.2) is 69.5 Å². The molecule has 0 aliphatic rings. The Hall–Kier alpha value is -4.72. The van der Waals surface area contributed by atoms with Gasteiger partial charge in [0.25, 0.3) is 5.69 Å². The lowest BCUT2D eigenvalue weighted by molar-refractivity contribution is -0.384. The van der Waals surface area contributed by atoms with Crippen molar-refractivity contribution in [1.29, 1.82) is 0 Å². The number of furan rings is 1. The summed E-state index contributed by atoms with van der Waals surface area (Å²) in [5, 5.41) is 19.5. The average Bonchev–Trinajstić information content (AvgIpc) is 3.52. The number of carbonyl (C=O) groups is 1. The summed E-state index contributed by atoms with van der Waals surface area (Å²) in [6.07, 6.45) is -3.29. The van der Waals surface area contributed by atoms with Gasteiger partial charge in [-0.2, -0.15) is 18.3 Å². The van der Waals surface area contributed by atoms with Gasteiger partial charge in [0.1, 0.15) is 17.3 Å². The van der Waals surface area contributed by atoms with Crippen LogP contribution in [0.5, 0.6) is 5.75 Å². The molecule has 10 nitrogen and oxygen atoms in total. The Kier molecular flexibility index (Phi) is 7.71. The van der Waals surface area contributed by atoms with Crippen LogP contribution in [-0.4, -0.2) is 29.1 Å². The van der Waals surface area contributed by atoms with Crippen molar-refractivity contribution in [2.75, 3.05) is 12.4 Å². The molecule has 1 amide bonds. The molecule has 196 valence electrons. The van der Waals surface area contributed by atoms with Gasteiger partial charge in [0.15, 0.2) is 5.13 Å². The van der Waals surface area contributed by atoms with Crippen LogP contribution in [0, 0.1) is 10.1 Å². The standard InChI is InChI=1S/C24H18F3N5O5S/c1-36-21-11-17(32(34)35)5-7-19(21)20-8-6-18(37-20)12-28-31-22(33)10-16-13-38-23(30-16)29-15-4-2-3-14(9-15)24(25,26)27/h2-9,11-13H,10H2,1H3,(H,29,30)(H,31,33)/b28-12-. The van der Waals surface area contributed by atoms with Crippen molar-refractivity contribution in [3.05, 3.63) is 87.1 Å². The SMILES string of the molecule is COc1cc([N+](=O)[O-])ccc1-c1ccc(/C=N\NC(=O)Cc2csc(Nc3cccc(C(F)(F)F)c3)n2)o1. The number of benzene rings is 2. The lowest BCUT2D eigenvalue weighted by Crippen LogP contribution is -2.19. The number of non-ortho nitro benzene ring substituents is 1. The van der Waals surface area contributed by atoms with Crippen molar-refractivity contribution in [2.24, 2.45) is 5.10 Å². The number of halogens is 3. The maximum atomic E-state index is 12.9. The summed E-state index contributed by atoms with van der Waals surface area (Å²) >= 11 is 1.14. The Bertz CT molecular complexity index is 1500. The second-order valence-electron chi connectivity index (χ2n) is 7.66. The second-order valence-corrected chi connectivity index (χ2v) is 8.52. The third-order valence-corrected chi connectivity index (χ3v) is 5.81. The number of rotatable bonds is 9. The normalized spacial score (nSPS) is 11.5. The molecule has 4 rings (SSSR count). The third-order valence-electron chi connectivity index (χ3n) is 5.00. The Balaban J connectivity index is 1.33. The molecule has 0 radical (unpaired) electrons. The number of nitrogens with zero attached hydrogens (tertiary/aromatic N) is 3. The molecule has 2 aromatic heterocycles. The van der Waals surface area contributed by atoms with Gasteiger partial charge in [-0.15, -0.1) is 11.3 Å². The number of hydrazone groups is 1. The zero-order valence-electron chi connectivity index (χ0n) is 19.5. The van der Waals surface area contributed by atoms with Gasteiger partial charge in [0.2, 0.25) is 5.91 Å². The molecule has 38 heavy (non-hydrogen) atoms. The van der Waals surface area contributed by atoms with Crippen molar-refractivity contribution in [2.45, 2.75) is 12.6 Å². The molecule has 0 saturated heterocycles. The Morgan fingerprint density at radius 1 is 1.24 bits per heavy atom. The van der Waals surface area contributed by atoms with Crippen LogP contribution >= 0.6 is 11.3 Å². The number of hydrogen-bond donors (Lipinski definition) is 2. The number of hydrogen-bond acceptors (Lipinski definition) is 9. The van der Waals surface area contributed by atoms with E-state index >= 15 is 0 Å². The van der Waals surface area contributed by atoms with E-state index in [1.54, 1.807) is 17.5 Å². The van der Waals surface area contributed by atoms with Gasteiger partial charge in [-0.25, -0.2) is 10.4 Å². The van der Waals surface area contributed by atoms with Crippen LogP contribution in [-0.2, 0) is 17.4 Å². The third kappa shape index (κ3) is 6.53. The number of alkyl halides is 3. The van der Waals surface area contributed by atoms with Crippen LogP contribution < -0.4 is 15.5 Å². The van der Waals surface area contributed by atoms with E-state index in [1.807, 2.05) is 0 Å². The van der Waals surface area contributed by atoms with Gasteiger partial charge < -0.3 is 14.5 Å². The molecule has 0 bridgehead atoms. The van der Waals surface area contributed by atoms with Gasteiger partial charge in [-0.3, -0.25) is 14.9 Å². The van der Waals surface area contributed by atoms with E-state index in [9.17, 15) is 28.1 Å². The molecule has 14 heteroatoms. The first-order valence-electron chi connectivity index (χ1n) is 10.8. The molecule has 0 aliphatic heterocycles. The summed E-state index contributed by atoms with van der Waals surface area (Å²) in [5.41, 5.74) is 2.56. The van der Waals surface area contributed by atoms with E-state index in [2.05, 4.69) is 20.8 Å². The fourth-order valence-electron chi connectivity index (χ4n) is 3.28. The summed E-state index contributed by atoms with van der Waals surface area (Å²) in [6, 6.07) is 12.0. The summed E-state index contributed by atoms with van der Waals surface area (Å²) < 4.78 is 49.5. The predicted octanol–water partition coefficient (Wildman–Crippen LogP) is 5.78. The summed E-state index contributed by atoms with van der Waals surface area (Å²) in [5.74, 6) is 0.478. The van der Waals surface area contributed by atoms with Crippen molar-refractivity contribution in [1.82, 2.24) is 10.4 Å². The minimum Gasteiger partial charge on any atom is -0.496 e. The topological polar surface area (TPSA) is 132 Å². The molecule has 2 heterocycles. The van der Waals surface area contributed by atoms with Crippen LogP contribution in [0.1, 0.15) is 17.0 Å². The number of ether oxygens (including phenoxy) is 1. The highest BCUT2D eigenvalue weighted by Gasteiger charge is 2.30. The Morgan fingerprint density at radius 2 is 2.05 bits per heavy atom. The molecule has 0 fully saturated rings. The second kappa shape index (κ2) is 11.1. The number of aromatic nitrogens is 1. The van der Waals surface area contributed by atoms with Crippen molar-refractivity contribution in [3.63, 3.8) is 0 Å². The maximum absolute atomic E-state index is 12.9. The first-order chi connectivity index (χ1) is 18.1. The lowest BCUT2D eigenvalue weighted by Gasteiger charge is -2.08. The van der Waals surface area contributed by atoms with E-state index in [0.29, 0.717) is 27.9 Å². The van der Waals surface area contributed by atoms with Crippen molar-refractivity contribution < 1.29 is 32.0 Å². The van der Waals surface area contributed by atoms with Gasteiger partial charge in [0, 0.05) is 17.1 Å². The summed E-state index contributed by atoms with van der Waals surface area (Å²) in [4.78, 5) is 26.9. The first kappa shape index (κ1) is 26.3. The zero-order valence-corrected chi connectivity index (χ0v) is 20.3. The smallest absolute Gasteiger partial charge is 0.416 e. The average molecular weight is 545 g/mol. The van der Waals surface area contributed by atoms with E-state index in [-0.39, 0.29) is 23.5 Å². The highest BCUT2D eigenvalue weighted by Crippen LogP contribution is 2.34. The molecule has 0 spiro atoms. The van der Waals surface area contributed by atoms with Gasteiger partial charge in [-0.1, -0.05) is 6.07 Å². The van der Waals surface area contributed by atoms with Gasteiger partial charge in [0.05, 0.1) is 47.6 Å². The minimum atomic E-state index is -4.46. The van der Waals surface area contributed by atoms with Crippen molar-refractivity contribution >= 4 is 40.0 Å². The van der Waals surface area contributed by atoms with E-state index in [4.69, 9.17) is 9.15 Å². The molecule has 0 atom stereocenters. The quantitative estimate of drug-likeness (QED) is 0.155. The van der Waals surface area contributed by atoms with Crippen LogP contribution in [0.25, 0.3) is 11.3 Å². The fourth-order valence-corrected chi connectivity index (χ4v) is 4.01.